The molecule has 0 aliphatic carbocycles. The number of para-hydroxylation sites is 1. The predicted octanol–water partition coefficient (Wildman–Crippen LogP) is 1.74. The SMILES string of the molecule is CC(=O)CN1CCc2c(c(=O)oc3ccccc23)C1. The van der Waals surface area contributed by atoms with Crippen LogP contribution in [-0.2, 0) is 17.8 Å². The van der Waals surface area contributed by atoms with E-state index in [1.54, 1.807) is 6.92 Å². The summed E-state index contributed by atoms with van der Waals surface area (Å²) in [6.07, 6.45) is 0.786. The van der Waals surface area contributed by atoms with Gasteiger partial charge in [0.2, 0.25) is 0 Å². The lowest BCUT2D eigenvalue weighted by atomic mass is 9.97. The molecule has 0 amide bonds. The minimum Gasteiger partial charge on any atom is -0.422 e. The highest BCUT2D eigenvalue weighted by Gasteiger charge is 2.22. The highest BCUT2D eigenvalue weighted by molar-refractivity contribution is 5.81. The Morgan fingerprint density at radius 2 is 2.11 bits per heavy atom. The smallest absolute Gasteiger partial charge is 0.341 e. The molecule has 0 fully saturated rings. The largest absolute Gasteiger partial charge is 0.422 e. The van der Waals surface area contributed by atoms with Crippen molar-refractivity contribution >= 4 is 16.8 Å². The number of hydrogen-bond acceptors (Lipinski definition) is 4. The molecule has 0 unspecified atom stereocenters. The van der Waals surface area contributed by atoms with E-state index in [2.05, 4.69) is 0 Å². The van der Waals surface area contributed by atoms with Gasteiger partial charge in [-0.3, -0.25) is 9.69 Å². The molecule has 0 bridgehead atoms. The number of benzene rings is 1. The van der Waals surface area contributed by atoms with Crippen LogP contribution in [0.5, 0.6) is 0 Å². The molecular weight excluding hydrogens is 242 g/mol. The van der Waals surface area contributed by atoms with E-state index >= 15 is 0 Å². The van der Waals surface area contributed by atoms with Crippen LogP contribution in [0.2, 0.25) is 0 Å². The molecule has 2 heterocycles. The van der Waals surface area contributed by atoms with Gasteiger partial charge in [0.25, 0.3) is 0 Å². The Kier molecular flexibility index (Phi) is 2.95. The van der Waals surface area contributed by atoms with E-state index in [1.807, 2.05) is 29.2 Å². The summed E-state index contributed by atoms with van der Waals surface area (Å²) >= 11 is 0. The summed E-state index contributed by atoms with van der Waals surface area (Å²) in [6, 6.07) is 7.61. The molecule has 0 radical (unpaired) electrons. The van der Waals surface area contributed by atoms with Gasteiger partial charge >= 0.3 is 5.63 Å². The van der Waals surface area contributed by atoms with Gasteiger partial charge in [-0.1, -0.05) is 18.2 Å². The van der Waals surface area contributed by atoms with Gasteiger partial charge in [0.15, 0.2) is 0 Å². The standard InChI is InChI=1S/C15H15NO3/c1-10(17)8-16-7-6-11-12-4-2-3-5-14(12)19-15(18)13(11)9-16/h2-5H,6-9H2,1H3. The third-order valence-electron chi connectivity index (χ3n) is 3.53. The molecule has 0 saturated carbocycles. The number of ketones is 1. The summed E-state index contributed by atoms with van der Waals surface area (Å²) in [5, 5.41) is 1.01. The zero-order valence-corrected chi connectivity index (χ0v) is 10.8. The lowest BCUT2D eigenvalue weighted by Crippen LogP contribution is -2.36. The Labute approximate surface area is 110 Å². The molecule has 98 valence electrons. The normalized spacial score (nSPS) is 15.4. The number of fused-ring (bicyclic) bond motifs is 3. The van der Waals surface area contributed by atoms with E-state index in [0.717, 1.165) is 23.9 Å². The molecule has 0 atom stereocenters. The summed E-state index contributed by atoms with van der Waals surface area (Å²) in [7, 11) is 0. The topological polar surface area (TPSA) is 50.5 Å². The first kappa shape index (κ1) is 12.1. The van der Waals surface area contributed by atoms with Gasteiger partial charge in [0.1, 0.15) is 11.4 Å². The molecule has 1 aliphatic heterocycles. The number of hydrogen-bond donors (Lipinski definition) is 0. The minimum absolute atomic E-state index is 0.119. The second kappa shape index (κ2) is 4.63. The summed E-state index contributed by atoms with van der Waals surface area (Å²) < 4.78 is 5.35. The molecular formula is C15H15NO3. The Bertz CT molecular complexity index is 702. The number of Topliss-reactive ketones (excluding diaryl/α,β-unsaturated/α-hetero) is 1. The molecule has 2 aromatic rings. The zero-order chi connectivity index (χ0) is 13.4. The van der Waals surface area contributed by atoms with E-state index < -0.39 is 0 Å². The van der Waals surface area contributed by atoms with Crippen LogP contribution in [0.25, 0.3) is 11.0 Å². The average Bonchev–Trinajstić information content (AvgIpc) is 2.38. The molecule has 19 heavy (non-hydrogen) atoms. The van der Waals surface area contributed by atoms with Crippen molar-refractivity contribution in [2.75, 3.05) is 13.1 Å². The van der Waals surface area contributed by atoms with Crippen LogP contribution in [0.3, 0.4) is 0 Å². The number of rotatable bonds is 2. The van der Waals surface area contributed by atoms with Crippen LogP contribution in [-0.4, -0.2) is 23.8 Å². The van der Waals surface area contributed by atoms with Gasteiger partial charge in [0.05, 0.1) is 12.1 Å². The van der Waals surface area contributed by atoms with Crippen molar-refractivity contribution in [2.24, 2.45) is 0 Å². The number of carbonyl (C=O) groups is 1. The van der Waals surface area contributed by atoms with E-state index in [4.69, 9.17) is 4.42 Å². The van der Waals surface area contributed by atoms with E-state index in [1.165, 1.54) is 0 Å². The molecule has 0 spiro atoms. The van der Waals surface area contributed by atoms with Gasteiger partial charge in [0, 0.05) is 18.5 Å². The first-order valence-electron chi connectivity index (χ1n) is 6.40. The fourth-order valence-corrected chi connectivity index (χ4v) is 2.72. The molecule has 4 heteroatoms. The summed E-state index contributed by atoms with van der Waals surface area (Å²) in [5.41, 5.74) is 2.14. The quantitative estimate of drug-likeness (QED) is 0.769. The summed E-state index contributed by atoms with van der Waals surface area (Å²) in [4.78, 5) is 25.2. The second-order valence-electron chi connectivity index (χ2n) is 5.01. The van der Waals surface area contributed by atoms with Crippen LogP contribution < -0.4 is 5.63 Å². The van der Waals surface area contributed by atoms with Crippen molar-refractivity contribution in [1.82, 2.24) is 4.90 Å². The number of carbonyl (C=O) groups excluding carboxylic acids is 1. The first-order valence-corrected chi connectivity index (χ1v) is 6.40. The minimum atomic E-state index is -0.276. The lowest BCUT2D eigenvalue weighted by molar-refractivity contribution is -0.118. The molecule has 1 aromatic carbocycles. The molecule has 0 N–H and O–H groups in total. The van der Waals surface area contributed by atoms with Gasteiger partial charge < -0.3 is 4.42 Å². The molecule has 4 nitrogen and oxygen atoms in total. The second-order valence-corrected chi connectivity index (χ2v) is 5.01. The van der Waals surface area contributed by atoms with Crippen molar-refractivity contribution in [2.45, 2.75) is 19.9 Å². The highest BCUT2D eigenvalue weighted by Crippen LogP contribution is 2.24. The number of nitrogens with zero attached hydrogens (tertiary/aromatic N) is 1. The molecule has 3 rings (SSSR count). The molecule has 1 aromatic heterocycles. The van der Waals surface area contributed by atoms with E-state index in [9.17, 15) is 9.59 Å². The van der Waals surface area contributed by atoms with Crippen LogP contribution in [0.15, 0.2) is 33.5 Å². The summed E-state index contributed by atoms with van der Waals surface area (Å²) in [5.74, 6) is 0.119. The van der Waals surface area contributed by atoms with Gasteiger partial charge in [-0.2, -0.15) is 0 Å². The van der Waals surface area contributed by atoms with E-state index in [0.29, 0.717) is 24.2 Å². The monoisotopic (exact) mass is 257 g/mol. The van der Waals surface area contributed by atoms with Crippen LogP contribution in [0.4, 0.5) is 0 Å². The maximum Gasteiger partial charge on any atom is 0.341 e. The Morgan fingerprint density at radius 3 is 2.89 bits per heavy atom. The van der Waals surface area contributed by atoms with Crippen LogP contribution in [0, 0.1) is 0 Å². The lowest BCUT2D eigenvalue weighted by Gasteiger charge is -2.27. The first-order chi connectivity index (χ1) is 9.15. The van der Waals surface area contributed by atoms with Crippen molar-refractivity contribution in [3.8, 4) is 0 Å². The maximum absolute atomic E-state index is 12.0. The van der Waals surface area contributed by atoms with Crippen LogP contribution >= 0.6 is 0 Å². The summed E-state index contributed by atoms with van der Waals surface area (Å²) in [6.45, 7) is 3.27. The van der Waals surface area contributed by atoms with Crippen LogP contribution in [0.1, 0.15) is 18.1 Å². The fourth-order valence-electron chi connectivity index (χ4n) is 2.72. The molecule has 1 aliphatic rings. The Balaban J connectivity index is 2.08. The van der Waals surface area contributed by atoms with Gasteiger partial charge in [-0.25, -0.2) is 4.79 Å². The van der Waals surface area contributed by atoms with Crippen molar-refractivity contribution in [1.29, 1.82) is 0 Å². The fraction of sp³-hybridized carbons (Fsp3) is 0.333. The highest BCUT2D eigenvalue weighted by atomic mass is 16.4. The van der Waals surface area contributed by atoms with Gasteiger partial charge in [-0.15, -0.1) is 0 Å². The van der Waals surface area contributed by atoms with Crippen molar-refractivity contribution in [3.05, 3.63) is 45.8 Å². The van der Waals surface area contributed by atoms with Crippen molar-refractivity contribution < 1.29 is 9.21 Å². The molecule has 0 saturated heterocycles. The Hall–Kier alpha value is -1.94. The predicted molar refractivity (Wildman–Crippen MR) is 72.1 cm³/mol. The van der Waals surface area contributed by atoms with E-state index in [-0.39, 0.29) is 11.4 Å². The Morgan fingerprint density at radius 1 is 1.32 bits per heavy atom. The third-order valence-corrected chi connectivity index (χ3v) is 3.53. The van der Waals surface area contributed by atoms with Crippen molar-refractivity contribution in [3.63, 3.8) is 0 Å². The average molecular weight is 257 g/mol. The van der Waals surface area contributed by atoms with Gasteiger partial charge in [-0.05, 0) is 25.0 Å². The third kappa shape index (κ3) is 2.19. The maximum atomic E-state index is 12.0. The zero-order valence-electron chi connectivity index (χ0n) is 10.8.